The van der Waals surface area contributed by atoms with Crippen molar-refractivity contribution in [2.45, 2.75) is 48.1 Å². The standard InChI is InChI=1S/C33H36ClN3O4S/c1-32-17-11-20-35(23-13-5-4-6-14-23)29(39)26(32)27-30(40)37(19-9-2-3-10-22-38)28-31(41)36(21-12-18-33(27,28)42-32)25-16-8-7-15-24(25)34/h4-8,11-18,26-28,38H,2-3,9-10,19-22H2,1H3/t26-,27+,28?,32+,33+/m1/s1. The molecule has 0 saturated carbocycles. The Morgan fingerprint density at radius 3 is 2.29 bits per heavy atom. The minimum absolute atomic E-state index is 0.0898. The minimum Gasteiger partial charge on any atom is -0.396 e. The molecule has 0 bridgehead atoms. The number of thioether (sulfide) groups is 1. The SMILES string of the molecule is C[C@]12C=CCN(c3ccccc3)C(=O)[C@H]1[C@H]1C(=O)N(CCCCCCO)C3C(=O)N(c4ccccc4Cl)CC=C[C@@]31S2. The van der Waals surface area contributed by atoms with Crippen LogP contribution in [0.2, 0.25) is 5.02 Å². The van der Waals surface area contributed by atoms with Crippen molar-refractivity contribution in [2.75, 3.05) is 36.0 Å². The van der Waals surface area contributed by atoms with E-state index in [1.54, 1.807) is 32.5 Å². The first kappa shape index (κ1) is 29.0. The quantitative estimate of drug-likeness (QED) is 0.335. The molecule has 6 rings (SSSR count). The molecule has 4 aliphatic heterocycles. The van der Waals surface area contributed by atoms with Gasteiger partial charge >= 0.3 is 0 Å². The molecule has 5 atom stereocenters. The summed E-state index contributed by atoms with van der Waals surface area (Å²) in [6, 6.07) is 16.1. The average molecular weight is 606 g/mol. The van der Waals surface area contributed by atoms with Gasteiger partial charge in [0, 0.05) is 36.7 Å². The lowest BCUT2D eigenvalue weighted by atomic mass is 9.74. The van der Waals surface area contributed by atoms with Gasteiger partial charge in [0.05, 0.1) is 27.3 Å². The number of unbranched alkanes of at least 4 members (excludes halogenated alkanes) is 3. The number of fused-ring (bicyclic) bond motifs is 2. The Balaban J connectivity index is 1.43. The molecule has 0 radical (unpaired) electrons. The maximum absolute atomic E-state index is 14.6. The molecule has 0 aliphatic carbocycles. The molecule has 2 fully saturated rings. The van der Waals surface area contributed by atoms with Crippen molar-refractivity contribution in [1.29, 1.82) is 0 Å². The second kappa shape index (κ2) is 11.5. The van der Waals surface area contributed by atoms with E-state index in [-0.39, 0.29) is 24.3 Å². The Kier molecular flexibility index (Phi) is 7.98. The molecule has 7 nitrogen and oxygen atoms in total. The van der Waals surface area contributed by atoms with Gasteiger partial charge in [-0.1, -0.05) is 79.1 Å². The smallest absolute Gasteiger partial charge is 0.251 e. The van der Waals surface area contributed by atoms with Crippen LogP contribution in [0.5, 0.6) is 0 Å². The third kappa shape index (κ3) is 4.68. The number of benzene rings is 2. The monoisotopic (exact) mass is 605 g/mol. The van der Waals surface area contributed by atoms with Crippen molar-refractivity contribution in [3.63, 3.8) is 0 Å². The molecule has 0 aromatic heterocycles. The summed E-state index contributed by atoms with van der Waals surface area (Å²) in [5.74, 6) is -1.74. The molecule has 1 N–H and O–H groups in total. The summed E-state index contributed by atoms with van der Waals surface area (Å²) >= 11 is 8.16. The number of para-hydroxylation sites is 2. The second-order valence-electron chi connectivity index (χ2n) is 11.7. The molecule has 2 aromatic carbocycles. The van der Waals surface area contributed by atoms with Gasteiger partial charge in [0.2, 0.25) is 11.8 Å². The first-order valence-electron chi connectivity index (χ1n) is 14.7. The molecule has 9 heteroatoms. The molecule has 1 unspecified atom stereocenters. The van der Waals surface area contributed by atoms with Crippen molar-refractivity contribution in [1.82, 2.24) is 4.90 Å². The fourth-order valence-electron chi connectivity index (χ4n) is 7.24. The summed E-state index contributed by atoms with van der Waals surface area (Å²) in [7, 11) is 0. The third-order valence-corrected chi connectivity index (χ3v) is 11.2. The van der Waals surface area contributed by atoms with Crippen molar-refractivity contribution < 1.29 is 19.5 Å². The highest BCUT2D eigenvalue weighted by molar-refractivity contribution is 8.02. The first-order chi connectivity index (χ1) is 20.3. The van der Waals surface area contributed by atoms with E-state index < -0.39 is 27.4 Å². The minimum atomic E-state index is -0.908. The summed E-state index contributed by atoms with van der Waals surface area (Å²) in [5.41, 5.74) is 1.40. The summed E-state index contributed by atoms with van der Waals surface area (Å²) in [6.45, 7) is 3.35. The van der Waals surface area contributed by atoms with Gasteiger partial charge in [0.15, 0.2) is 0 Å². The van der Waals surface area contributed by atoms with E-state index in [2.05, 4.69) is 6.08 Å². The van der Waals surface area contributed by atoms with Crippen LogP contribution in [-0.2, 0) is 14.4 Å². The third-order valence-electron chi connectivity index (χ3n) is 9.08. The molecule has 2 aromatic rings. The van der Waals surface area contributed by atoms with Gasteiger partial charge in [0.1, 0.15) is 6.04 Å². The lowest BCUT2D eigenvalue weighted by molar-refractivity contribution is -0.139. The predicted molar refractivity (Wildman–Crippen MR) is 168 cm³/mol. The second-order valence-corrected chi connectivity index (χ2v) is 13.9. The van der Waals surface area contributed by atoms with E-state index in [0.717, 1.165) is 18.5 Å². The molecule has 220 valence electrons. The maximum Gasteiger partial charge on any atom is 0.251 e. The van der Waals surface area contributed by atoms with Crippen LogP contribution >= 0.6 is 23.4 Å². The number of carbonyl (C=O) groups is 3. The number of aliphatic hydroxyl groups excluding tert-OH is 1. The van der Waals surface area contributed by atoms with Crippen LogP contribution < -0.4 is 9.80 Å². The number of carbonyl (C=O) groups excluding carboxylic acids is 3. The van der Waals surface area contributed by atoms with Crippen LogP contribution in [-0.4, -0.2) is 69.5 Å². The van der Waals surface area contributed by atoms with Gasteiger partial charge < -0.3 is 19.8 Å². The van der Waals surface area contributed by atoms with E-state index in [4.69, 9.17) is 11.6 Å². The number of anilines is 2. The Labute approximate surface area is 256 Å². The topological polar surface area (TPSA) is 81.2 Å². The van der Waals surface area contributed by atoms with Crippen molar-refractivity contribution >= 4 is 52.5 Å². The van der Waals surface area contributed by atoms with Gasteiger partial charge in [-0.05, 0) is 44.0 Å². The molecule has 42 heavy (non-hydrogen) atoms. The molecule has 4 aliphatic rings. The zero-order valence-electron chi connectivity index (χ0n) is 23.7. The number of amides is 3. The van der Waals surface area contributed by atoms with Crippen LogP contribution in [0.3, 0.4) is 0 Å². The van der Waals surface area contributed by atoms with Gasteiger partial charge in [0.25, 0.3) is 5.91 Å². The van der Waals surface area contributed by atoms with Crippen molar-refractivity contribution in [2.24, 2.45) is 11.8 Å². The van der Waals surface area contributed by atoms with Gasteiger partial charge in [-0.3, -0.25) is 14.4 Å². The molecular formula is C33H36ClN3O4S. The van der Waals surface area contributed by atoms with E-state index in [1.807, 2.05) is 73.7 Å². The Bertz CT molecular complexity index is 1430. The Hall–Kier alpha value is -3.07. The molecule has 3 amide bonds. The van der Waals surface area contributed by atoms with Gasteiger partial charge in [-0.15, -0.1) is 11.8 Å². The highest BCUT2D eigenvalue weighted by Crippen LogP contribution is 2.65. The zero-order chi connectivity index (χ0) is 29.5. The highest BCUT2D eigenvalue weighted by atomic mass is 35.5. The number of rotatable bonds is 8. The van der Waals surface area contributed by atoms with E-state index in [9.17, 15) is 19.5 Å². The lowest BCUT2D eigenvalue weighted by Crippen LogP contribution is -2.53. The van der Waals surface area contributed by atoms with Crippen molar-refractivity contribution in [3.05, 3.63) is 83.9 Å². The number of likely N-dealkylation sites (tertiary alicyclic amines) is 1. The molecule has 2 saturated heterocycles. The number of halogens is 1. The van der Waals surface area contributed by atoms with Crippen LogP contribution in [0.15, 0.2) is 78.9 Å². The fourth-order valence-corrected chi connectivity index (χ4v) is 9.63. The number of hydrogen-bond acceptors (Lipinski definition) is 5. The van der Waals surface area contributed by atoms with Crippen LogP contribution in [0.1, 0.15) is 32.6 Å². The van der Waals surface area contributed by atoms with E-state index in [0.29, 0.717) is 43.2 Å². The predicted octanol–water partition coefficient (Wildman–Crippen LogP) is 5.09. The summed E-state index contributed by atoms with van der Waals surface area (Å²) in [6.07, 6.45) is 11.2. The normalized spacial score (nSPS) is 30.3. The van der Waals surface area contributed by atoms with E-state index >= 15 is 0 Å². The summed E-state index contributed by atoms with van der Waals surface area (Å²) in [5, 5.41) is 9.69. The van der Waals surface area contributed by atoms with Crippen molar-refractivity contribution in [3.8, 4) is 0 Å². The van der Waals surface area contributed by atoms with Gasteiger partial charge in [-0.25, -0.2) is 0 Å². The Morgan fingerprint density at radius 1 is 0.833 bits per heavy atom. The maximum atomic E-state index is 14.6. The number of nitrogens with zero attached hydrogens (tertiary/aromatic N) is 3. The summed E-state index contributed by atoms with van der Waals surface area (Å²) < 4.78 is -1.58. The lowest BCUT2D eigenvalue weighted by Gasteiger charge is -2.37. The molecule has 1 spiro atoms. The zero-order valence-corrected chi connectivity index (χ0v) is 25.3. The van der Waals surface area contributed by atoms with Crippen LogP contribution in [0, 0.1) is 11.8 Å². The van der Waals surface area contributed by atoms with Crippen LogP contribution in [0.4, 0.5) is 11.4 Å². The van der Waals surface area contributed by atoms with Gasteiger partial charge in [-0.2, -0.15) is 0 Å². The largest absolute Gasteiger partial charge is 0.396 e. The highest BCUT2D eigenvalue weighted by Gasteiger charge is 2.74. The molecule has 4 heterocycles. The fraction of sp³-hybridized carbons (Fsp3) is 0.424. The van der Waals surface area contributed by atoms with Crippen LogP contribution in [0.25, 0.3) is 0 Å². The van der Waals surface area contributed by atoms with E-state index in [1.165, 1.54) is 0 Å². The number of hydrogen-bond donors (Lipinski definition) is 1. The first-order valence-corrected chi connectivity index (χ1v) is 15.9. The summed E-state index contributed by atoms with van der Waals surface area (Å²) in [4.78, 5) is 48.9. The number of aliphatic hydroxyl groups is 1. The molecular weight excluding hydrogens is 570 g/mol. The average Bonchev–Trinajstić information content (AvgIpc) is 3.24. The Morgan fingerprint density at radius 2 is 1.52 bits per heavy atom.